The van der Waals surface area contributed by atoms with Crippen molar-refractivity contribution in [2.75, 3.05) is 18.2 Å². The molecule has 9 nitrogen and oxygen atoms in total. The highest BCUT2D eigenvalue weighted by molar-refractivity contribution is 5.96. The van der Waals surface area contributed by atoms with Gasteiger partial charge >= 0.3 is 0 Å². The molecule has 1 amide bonds. The van der Waals surface area contributed by atoms with Crippen LogP contribution in [0.15, 0.2) is 67.0 Å². The van der Waals surface area contributed by atoms with E-state index in [1.807, 2.05) is 41.3 Å². The van der Waals surface area contributed by atoms with Gasteiger partial charge in [0.1, 0.15) is 18.0 Å². The molecule has 0 saturated carbocycles. The molecule has 0 unspecified atom stereocenters. The van der Waals surface area contributed by atoms with Crippen molar-refractivity contribution in [3.63, 3.8) is 0 Å². The number of pyridine rings is 1. The third-order valence-corrected chi connectivity index (χ3v) is 6.13. The van der Waals surface area contributed by atoms with Gasteiger partial charge in [0.05, 0.1) is 12.2 Å². The van der Waals surface area contributed by atoms with E-state index in [9.17, 15) is 9.18 Å². The van der Waals surface area contributed by atoms with E-state index in [0.29, 0.717) is 30.4 Å². The Kier molecular flexibility index (Phi) is 5.97. The van der Waals surface area contributed by atoms with Crippen molar-refractivity contribution >= 4 is 17.5 Å². The van der Waals surface area contributed by atoms with Gasteiger partial charge in [0.2, 0.25) is 18.6 Å². The number of nitrogens with zero attached hydrogens (tertiary/aromatic N) is 4. The molecule has 0 saturated heterocycles. The quantitative estimate of drug-likeness (QED) is 0.408. The number of carbonyl (C=O) groups excluding carboxylic acids is 1. The van der Waals surface area contributed by atoms with Crippen molar-refractivity contribution in [1.82, 2.24) is 20.3 Å². The fourth-order valence-corrected chi connectivity index (χ4v) is 4.28. The Morgan fingerprint density at radius 1 is 1.08 bits per heavy atom. The van der Waals surface area contributed by atoms with Gasteiger partial charge in [-0.25, -0.2) is 9.37 Å². The van der Waals surface area contributed by atoms with Crippen LogP contribution in [0.2, 0.25) is 0 Å². The van der Waals surface area contributed by atoms with E-state index < -0.39 is 0 Å². The molecular weight excluding hydrogens is 477 g/mol. The van der Waals surface area contributed by atoms with E-state index in [4.69, 9.17) is 14.2 Å². The lowest BCUT2D eigenvalue weighted by Crippen LogP contribution is -2.25. The van der Waals surface area contributed by atoms with Gasteiger partial charge < -0.3 is 24.4 Å². The van der Waals surface area contributed by atoms with Gasteiger partial charge in [-0.2, -0.15) is 4.98 Å². The Morgan fingerprint density at radius 2 is 2.00 bits per heavy atom. The van der Waals surface area contributed by atoms with Gasteiger partial charge in [-0.15, -0.1) is 0 Å². The summed E-state index contributed by atoms with van der Waals surface area (Å²) in [4.78, 5) is 28.3. The second kappa shape index (κ2) is 9.73. The third-order valence-electron chi connectivity index (χ3n) is 6.13. The zero-order valence-corrected chi connectivity index (χ0v) is 19.7. The van der Waals surface area contributed by atoms with Gasteiger partial charge in [-0.1, -0.05) is 12.1 Å². The fourth-order valence-electron chi connectivity index (χ4n) is 4.28. The molecule has 0 bridgehead atoms. The van der Waals surface area contributed by atoms with Crippen LogP contribution in [-0.4, -0.2) is 34.2 Å². The van der Waals surface area contributed by atoms with Gasteiger partial charge in [0.15, 0.2) is 11.5 Å². The Labute approximate surface area is 211 Å². The summed E-state index contributed by atoms with van der Waals surface area (Å²) in [5, 5.41) is 2.85. The van der Waals surface area contributed by atoms with Crippen molar-refractivity contribution in [3.05, 3.63) is 95.2 Å². The molecule has 186 valence electrons. The zero-order valence-electron chi connectivity index (χ0n) is 19.7. The monoisotopic (exact) mass is 499 g/mol. The zero-order chi connectivity index (χ0) is 25.2. The normalized spacial score (nSPS) is 13.4. The number of aromatic nitrogens is 3. The highest BCUT2D eigenvalue weighted by atomic mass is 19.1. The van der Waals surface area contributed by atoms with E-state index in [2.05, 4.69) is 20.3 Å². The maximum absolute atomic E-state index is 13.7. The molecule has 0 radical (unpaired) electrons. The Balaban J connectivity index is 1.27. The molecule has 2 aliphatic heterocycles. The number of rotatable bonds is 7. The highest BCUT2D eigenvalue weighted by Crippen LogP contribution is 2.35. The van der Waals surface area contributed by atoms with Crippen molar-refractivity contribution in [2.24, 2.45) is 0 Å². The number of carbonyl (C=O) groups is 1. The molecule has 37 heavy (non-hydrogen) atoms. The number of benzene rings is 2. The second-order valence-electron chi connectivity index (χ2n) is 8.54. The molecule has 4 heterocycles. The van der Waals surface area contributed by atoms with E-state index in [-0.39, 0.29) is 43.1 Å². The Bertz CT molecular complexity index is 1470. The molecule has 2 aromatic carbocycles. The molecule has 10 heteroatoms. The predicted molar refractivity (Wildman–Crippen MR) is 131 cm³/mol. The summed E-state index contributed by atoms with van der Waals surface area (Å²) in [5.74, 6) is 1.14. The van der Waals surface area contributed by atoms with Crippen LogP contribution in [0, 0.1) is 5.82 Å². The number of halogens is 1. The molecule has 0 spiro atoms. The highest BCUT2D eigenvalue weighted by Gasteiger charge is 2.25. The van der Waals surface area contributed by atoms with E-state index in [1.54, 1.807) is 12.3 Å². The maximum atomic E-state index is 13.7. The van der Waals surface area contributed by atoms with Gasteiger partial charge in [-0.05, 0) is 60.0 Å². The van der Waals surface area contributed by atoms with Crippen LogP contribution in [0.1, 0.15) is 27.2 Å². The standard InChI is InChI=1S/C27H22FN5O4/c28-19-5-6-22-18(12-19)8-10-33(22)27-31-14-21(25(34)30-13-20-3-1-2-9-29-20)26(32-27)35-15-17-4-7-23-24(11-17)37-16-36-23/h1-7,9,11-12,14H,8,10,13,15-16H2,(H,30,34). The number of hydrogen-bond acceptors (Lipinski definition) is 8. The predicted octanol–water partition coefficient (Wildman–Crippen LogP) is 3.94. The lowest BCUT2D eigenvalue weighted by atomic mass is 10.2. The van der Waals surface area contributed by atoms with Crippen LogP contribution in [0.5, 0.6) is 17.4 Å². The SMILES string of the molecule is O=C(NCc1ccccn1)c1cnc(N2CCc3cc(F)ccc32)nc1OCc1ccc2c(c1)OCO2. The molecule has 0 fully saturated rings. The van der Waals surface area contributed by atoms with Crippen LogP contribution in [0.25, 0.3) is 0 Å². The number of anilines is 2. The van der Waals surface area contributed by atoms with E-state index in [1.165, 1.54) is 18.3 Å². The minimum atomic E-state index is -0.387. The molecule has 4 aromatic rings. The summed E-state index contributed by atoms with van der Waals surface area (Å²) in [7, 11) is 0. The summed E-state index contributed by atoms with van der Waals surface area (Å²) in [6, 6.07) is 15.6. The maximum Gasteiger partial charge on any atom is 0.258 e. The summed E-state index contributed by atoms with van der Waals surface area (Å²) >= 11 is 0. The summed E-state index contributed by atoms with van der Waals surface area (Å²) in [6.45, 7) is 1.16. The molecule has 1 N–H and O–H groups in total. The largest absolute Gasteiger partial charge is 0.472 e. The molecule has 0 aliphatic carbocycles. The average Bonchev–Trinajstić information content (AvgIpc) is 3.57. The lowest BCUT2D eigenvalue weighted by molar-refractivity contribution is 0.0944. The summed E-state index contributed by atoms with van der Waals surface area (Å²) in [6.07, 6.45) is 3.78. The first-order valence-corrected chi connectivity index (χ1v) is 11.8. The van der Waals surface area contributed by atoms with Gasteiger partial charge in [-0.3, -0.25) is 9.78 Å². The first kappa shape index (κ1) is 22.7. The number of amides is 1. The van der Waals surface area contributed by atoms with Crippen LogP contribution in [-0.2, 0) is 19.6 Å². The van der Waals surface area contributed by atoms with Gasteiger partial charge in [0.25, 0.3) is 5.91 Å². The van der Waals surface area contributed by atoms with E-state index >= 15 is 0 Å². The molecule has 2 aromatic heterocycles. The van der Waals surface area contributed by atoms with Crippen molar-refractivity contribution in [1.29, 1.82) is 0 Å². The first-order chi connectivity index (χ1) is 18.1. The topological polar surface area (TPSA) is 98.7 Å². The first-order valence-electron chi connectivity index (χ1n) is 11.8. The van der Waals surface area contributed by atoms with Crippen LogP contribution in [0.3, 0.4) is 0 Å². The number of nitrogens with one attached hydrogen (secondary N) is 1. The van der Waals surface area contributed by atoms with Crippen LogP contribution in [0.4, 0.5) is 16.0 Å². The smallest absolute Gasteiger partial charge is 0.258 e. The summed E-state index contributed by atoms with van der Waals surface area (Å²) in [5.41, 5.74) is 3.45. The number of fused-ring (bicyclic) bond motifs is 2. The number of hydrogen-bond donors (Lipinski definition) is 1. The van der Waals surface area contributed by atoms with Crippen LogP contribution >= 0.6 is 0 Å². The molecular formula is C27H22FN5O4. The van der Waals surface area contributed by atoms with Crippen molar-refractivity contribution in [2.45, 2.75) is 19.6 Å². The molecule has 0 atom stereocenters. The van der Waals surface area contributed by atoms with E-state index in [0.717, 1.165) is 22.5 Å². The Hall–Kier alpha value is -4.73. The molecule has 6 rings (SSSR count). The van der Waals surface area contributed by atoms with Crippen molar-refractivity contribution < 1.29 is 23.4 Å². The fraction of sp³-hybridized carbons (Fsp3) is 0.185. The Morgan fingerprint density at radius 3 is 2.89 bits per heavy atom. The second-order valence-corrected chi connectivity index (χ2v) is 8.54. The molecule has 2 aliphatic rings. The number of ether oxygens (including phenoxy) is 3. The van der Waals surface area contributed by atoms with Crippen LogP contribution < -0.4 is 24.4 Å². The summed E-state index contributed by atoms with van der Waals surface area (Å²) < 4.78 is 30.6. The van der Waals surface area contributed by atoms with Crippen molar-refractivity contribution in [3.8, 4) is 17.4 Å². The van der Waals surface area contributed by atoms with Gasteiger partial charge in [0, 0.05) is 24.6 Å². The third kappa shape index (κ3) is 4.73. The minimum Gasteiger partial charge on any atom is -0.472 e. The lowest BCUT2D eigenvalue weighted by Gasteiger charge is -2.19. The average molecular weight is 500 g/mol. The minimum absolute atomic E-state index is 0.136.